The van der Waals surface area contributed by atoms with Crippen LogP contribution in [0.3, 0.4) is 0 Å². The van der Waals surface area contributed by atoms with Gasteiger partial charge in [0.1, 0.15) is 6.33 Å². The second kappa shape index (κ2) is 7.81. The van der Waals surface area contributed by atoms with E-state index in [1.165, 1.54) is 6.33 Å². The summed E-state index contributed by atoms with van der Waals surface area (Å²) in [4.78, 5) is 18.9. The van der Waals surface area contributed by atoms with Crippen molar-refractivity contribution in [3.8, 4) is 0 Å². The molecule has 1 aliphatic heterocycles. The van der Waals surface area contributed by atoms with Gasteiger partial charge in [-0.1, -0.05) is 23.2 Å². The minimum Gasteiger partial charge on any atom is -0.376 e. The first kappa shape index (κ1) is 17.7. The van der Waals surface area contributed by atoms with Crippen LogP contribution in [0.15, 0.2) is 24.5 Å². The molecule has 1 aromatic heterocycles. The Bertz CT molecular complexity index is 764. The number of halogens is 2. The highest BCUT2D eigenvalue weighted by Crippen LogP contribution is 2.33. The molecule has 10 heteroatoms. The van der Waals surface area contributed by atoms with Crippen LogP contribution in [0.4, 0.5) is 23.0 Å². The highest BCUT2D eigenvalue weighted by molar-refractivity contribution is 6.35. The minimum atomic E-state index is -0.535. The molecule has 1 aromatic carbocycles. The molecule has 1 unspecified atom stereocenters. The molecule has 1 saturated heterocycles. The number of hydrogen-bond acceptors (Lipinski definition) is 7. The number of hydrogen-bond donors (Lipinski definition) is 2. The Labute approximate surface area is 153 Å². The van der Waals surface area contributed by atoms with Crippen molar-refractivity contribution in [2.75, 3.05) is 23.8 Å². The van der Waals surface area contributed by atoms with Crippen molar-refractivity contribution in [2.45, 2.75) is 18.9 Å². The van der Waals surface area contributed by atoms with E-state index in [2.05, 4.69) is 20.6 Å². The third kappa shape index (κ3) is 4.47. The smallest absolute Gasteiger partial charge is 0.353 e. The molecule has 2 N–H and O–H groups in total. The van der Waals surface area contributed by atoms with E-state index in [4.69, 9.17) is 27.9 Å². The normalized spacial score (nSPS) is 16.6. The van der Waals surface area contributed by atoms with Gasteiger partial charge in [-0.05, 0) is 31.0 Å². The monoisotopic (exact) mass is 383 g/mol. The zero-order valence-corrected chi connectivity index (χ0v) is 14.5. The number of benzene rings is 1. The number of anilines is 3. The Morgan fingerprint density at radius 2 is 1.96 bits per heavy atom. The van der Waals surface area contributed by atoms with Crippen molar-refractivity contribution in [1.29, 1.82) is 0 Å². The molecule has 0 bridgehead atoms. The van der Waals surface area contributed by atoms with Crippen LogP contribution in [0.25, 0.3) is 0 Å². The van der Waals surface area contributed by atoms with E-state index in [-0.39, 0.29) is 23.4 Å². The Morgan fingerprint density at radius 1 is 1.24 bits per heavy atom. The molecule has 3 rings (SSSR count). The predicted octanol–water partition coefficient (Wildman–Crippen LogP) is 4.03. The lowest BCUT2D eigenvalue weighted by molar-refractivity contribution is -0.383. The Kier molecular flexibility index (Phi) is 5.52. The van der Waals surface area contributed by atoms with Crippen molar-refractivity contribution in [2.24, 2.45) is 0 Å². The minimum absolute atomic E-state index is 0.0257. The molecule has 2 aromatic rings. The van der Waals surface area contributed by atoms with Gasteiger partial charge in [0.25, 0.3) is 0 Å². The molecule has 1 atom stereocenters. The molecule has 0 saturated carbocycles. The molecule has 1 fully saturated rings. The molecule has 1 aliphatic rings. The standard InChI is InChI=1S/C15H15Cl2N5O3/c16-9-4-10(17)6-11(5-9)21-15-13(22(23)24)14(19-8-20-15)18-7-12-2-1-3-25-12/h4-6,8,12H,1-3,7H2,(H2,18,19,20,21). The third-order valence-corrected chi connectivity index (χ3v) is 4.09. The fourth-order valence-corrected chi connectivity index (χ4v) is 3.08. The van der Waals surface area contributed by atoms with Crippen molar-refractivity contribution in [1.82, 2.24) is 9.97 Å². The maximum atomic E-state index is 11.5. The highest BCUT2D eigenvalue weighted by Gasteiger charge is 2.24. The van der Waals surface area contributed by atoms with Gasteiger partial charge < -0.3 is 15.4 Å². The predicted molar refractivity (Wildman–Crippen MR) is 95.9 cm³/mol. The molecule has 25 heavy (non-hydrogen) atoms. The van der Waals surface area contributed by atoms with Gasteiger partial charge in [0.15, 0.2) is 0 Å². The molecular formula is C15H15Cl2N5O3. The fraction of sp³-hybridized carbons (Fsp3) is 0.333. The molecule has 0 spiro atoms. The van der Waals surface area contributed by atoms with Gasteiger partial charge in [-0.25, -0.2) is 9.97 Å². The SMILES string of the molecule is O=[N+]([O-])c1c(NCC2CCCO2)ncnc1Nc1cc(Cl)cc(Cl)c1. The highest BCUT2D eigenvalue weighted by atomic mass is 35.5. The third-order valence-electron chi connectivity index (χ3n) is 3.65. The lowest BCUT2D eigenvalue weighted by Gasteiger charge is -2.13. The van der Waals surface area contributed by atoms with Gasteiger partial charge in [-0.3, -0.25) is 10.1 Å². The van der Waals surface area contributed by atoms with E-state index in [9.17, 15) is 10.1 Å². The van der Waals surface area contributed by atoms with Crippen LogP contribution in [0.2, 0.25) is 10.0 Å². The quantitative estimate of drug-likeness (QED) is 0.573. The number of nitrogens with zero attached hydrogens (tertiary/aromatic N) is 3. The molecule has 8 nitrogen and oxygen atoms in total. The van der Waals surface area contributed by atoms with Crippen molar-refractivity contribution in [3.05, 3.63) is 44.7 Å². The lowest BCUT2D eigenvalue weighted by atomic mass is 10.2. The summed E-state index contributed by atoms with van der Waals surface area (Å²) in [5.74, 6) is 0.180. The largest absolute Gasteiger partial charge is 0.376 e. The zero-order chi connectivity index (χ0) is 17.8. The Balaban J connectivity index is 1.85. The maximum absolute atomic E-state index is 11.5. The second-order valence-corrected chi connectivity index (χ2v) is 6.35. The van der Waals surface area contributed by atoms with E-state index < -0.39 is 4.92 Å². The van der Waals surface area contributed by atoms with E-state index >= 15 is 0 Å². The summed E-state index contributed by atoms with van der Waals surface area (Å²) in [5, 5.41) is 18.2. The van der Waals surface area contributed by atoms with Crippen LogP contribution >= 0.6 is 23.2 Å². The van der Waals surface area contributed by atoms with Gasteiger partial charge in [0.05, 0.1) is 11.0 Å². The summed E-state index contributed by atoms with van der Waals surface area (Å²) in [5.41, 5.74) is 0.237. The van der Waals surface area contributed by atoms with E-state index in [1.807, 2.05) is 0 Å². The molecule has 0 aliphatic carbocycles. The maximum Gasteiger partial charge on any atom is 0.353 e. The van der Waals surface area contributed by atoms with Crippen LogP contribution in [0, 0.1) is 10.1 Å². The number of aromatic nitrogens is 2. The van der Waals surface area contributed by atoms with E-state index in [0.717, 1.165) is 12.8 Å². The molecule has 132 valence electrons. The van der Waals surface area contributed by atoms with Crippen LogP contribution in [0.5, 0.6) is 0 Å². The van der Waals surface area contributed by atoms with Gasteiger partial charge in [-0.15, -0.1) is 0 Å². The fourth-order valence-electron chi connectivity index (χ4n) is 2.55. The van der Waals surface area contributed by atoms with Gasteiger partial charge in [-0.2, -0.15) is 0 Å². The lowest BCUT2D eigenvalue weighted by Crippen LogP contribution is -2.20. The number of nitro groups is 1. The van der Waals surface area contributed by atoms with Gasteiger partial charge >= 0.3 is 5.69 Å². The summed E-state index contributed by atoms with van der Waals surface area (Å²) in [6.07, 6.45) is 3.18. The Hall–Kier alpha value is -2.16. The van der Waals surface area contributed by atoms with Gasteiger partial charge in [0, 0.05) is 28.9 Å². The topological polar surface area (TPSA) is 102 Å². The average Bonchev–Trinajstić information content (AvgIpc) is 3.05. The molecular weight excluding hydrogens is 369 g/mol. The van der Waals surface area contributed by atoms with Crippen LogP contribution in [-0.4, -0.2) is 34.1 Å². The molecule has 0 amide bonds. The van der Waals surface area contributed by atoms with Crippen LogP contribution in [0.1, 0.15) is 12.8 Å². The zero-order valence-electron chi connectivity index (χ0n) is 13.0. The number of nitrogens with one attached hydrogen (secondary N) is 2. The summed E-state index contributed by atoms with van der Waals surface area (Å²) in [6.45, 7) is 1.15. The van der Waals surface area contributed by atoms with E-state index in [0.29, 0.717) is 28.9 Å². The second-order valence-electron chi connectivity index (χ2n) is 5.48. The summed E-state index contributed by atoms with van der Waals surface area (Å²) < 4.78 is 5.51. The summed E-state index contributed by atoms with van der Waals surface area (Å²) in [7, 11) is 0. The van der Waals surface area contributed by atoms with Crippen molar-refractivity contribution in [3.63, 3.8) is 0 Å². The summed E-state index contributed by atoms with van der Waals surface area (Å²) in [6, 6.07) is 4.76. The summed E-state index contributed by atoms with van der Waals surface area (Å²) >= 11 is 11.9. The average molecular weight is 384 g/mol. The number of ether oxygens (including phenoxy) is 1. The molecule has 2 heterocycles. The first-order chi connectivity index (χ1) is 12.0. The van der Waals surface area contributed by atoms with Gasteiger partial charge in [0.2, 0.25) is 11.6 Å². The molecule has 0 radical (unpaired) electrons. The first-order valence-corrected chi connectivity index (χ1v) is 8.36. The Morgan fingerprint density at radius 3 is 2.60 bits per heavy atom. The van der Waals surface area contributed by atoms with Crippen molar-refractivity contribution < 1.29 is 9.66 Å². The van der Waals surface area contributed by atoms with E-state index in [1.54, 1.807) is 18.2 Å². The van der Waals surface area contributed by atoms with Crippen LogP contribution in [-0.2, 0) is 4.74 Å². The first-order valence-electron chi connectivity index (χ1n) is 7.61. The van der Waals surface area contributed by atoms with Crippen LogP contribution < -0.4 is 10.6 Å². The van der Waals surface area contributed by atoms with Crippen molar-refractivity contribution >= 4 is 46.2 Å². The number of rotatable bonds is 6.